The average molecular weight is 501 g/mol. The van der Waals surface area contributed by atoms with Gasteiger partial charge in [-0.3, -0.25) is 9.80 Å². The molecule has 0 N–H and O–H groups in total. The van der Waals surface area contributed by atoms with Gasteiger partial charge >= 0.3 is 0 Å². The first kappa shape index (κ1) is 25.4. The van der Waals surface area contributed by atoms with Crippen LogP contribution < -0.4 is 10.4 Å². The van der Waals surface area contributed by atoms with Crippen molar-refractivity contribution in [3.8, 4) is 0 Å². The van der Waals surface area contributed by atoms with Gasteiger partial charge in [0.05, 0.1) is 19.4 Å². The SMILES string of the molecule is CC(C)(C)[Si](OCCN1C[C@@H]2C[C@@H](OCc3ccccc3)CN2C1)(c1ccccc1)c1ccccc1. The summed E-state index contributed by atoms with van der Waals surface area (Å²) in [5, 5.41) is 2.72. The van der Waals surface area contributed by atoms with Gasteiger partial charge in [0.2, 0.25) is 0 Å². The number of hydrogen-bond acceptors (Lipinski definition) is 4. The lowest BCUT2D eigenvalue weighted by Crippen LogP contribution is -2.67. The highest BCUT2D eigenvalue weighted by atomic mass is 28.4. The standard InChI is InChI=1S/C31H40N2O2Si/c1-31(2,3)36(29-15-9-5-10-16-29,30-17-11-6-12-18-30)35-20-19-32-22-27-21-28(23-33(27)25-32)34-24-26-13-7-4-8-14-26/h4-18,27-28H,19-25H2,1-3H3/t27-,28+/m0/s1. The van der Waals surface area contributed by atoms with Crippen LogP contribution in [0, 0.1) is 0 Å². The zero-order valence-electron chi connectivity index (χ0n) is 22.0. The second kappa shape index (κ2) is 11.0. The molecular weight excluding hydrogens is 460 g/mol. The number of benzene rings is 3. The van der Waals surface area contributed by atoms with E-state index >= 15 is 0 Å². The zero-order valence-corrected chi connectivity index (χ0v) is 23.0. The topological polar surface area (TPSA) is 24.9 Å². The lowest BCUT2D eigenvalue weighted by Gasteiger charge is -2.43. The van der Waals surface area contributed by atoms with Crippen molar-refractivity contribution >= 4 is 18.7 Å². The summed E-state index contributed by atoms with van der Waals surface area (Å²) in [6.45, 7) is 12.6. The third-order valence-electron chi connectivity index (χ3n) is 7.81. The molecule has 0 amide bonds. The van der Waals surface area contributed by atoms with Crippen LogP contribution in [0.25, 0.3) is 0 Å². The van der Waals surface area contributed by atoms with Gasteiger partial charge in [0, 0.05) is 32.3 Å². The van der Waals surface area contributed by atoms with Gasteiger partial charge in [0.15, 0.2) is 0 Å². The summed E-state index contributed by atoms with van der Waals surface area (Å²) in [4.78, 5) is 5.16. The van der Waals surface area contributed by atoms with Crippen LogP contribution in [0.4, 0.5) is 0 Å². The highest BCUT2D eigenvalue weighted by Gasteiger charge is 2.50. The number of hydrogen-bond donors (Lipinski definition) is 0. The zero-order chi connectivity index (χ0) is 25.0. The van der Waals surface area contributed by atoms with E-state index in [1.807, 2.05) is 0 Å². The second-order valence-corrected chi connectivity index (χ2v) is 15.6. The first-order chi connectivity index (χ1) is 17.5. The molecule has 0 aliphatic carbocycles. The predicted molar refractivity (Wildman–Crippen MR) is 150 cm³/mol. The van der Waals surface area contributed by atoms with Crippen molar-refractivity contribution in [2.45, 2.75) is 51.0 Å². The minimum Gasteiger partial charge on any atom is -0.406 e. The van der Waals surface area contributed by atoms with Crippen molar-refractivity contribution in [2.75, 3.05) is 32.9 Å². The van der Waals surface area contributed by atoms with E-state index in [9.17, 15) is 0 Å². The number of rotatable bonds is 9. The van der Waals surface area contributed by atoms with Crippen LogP contribution >= 0.6 is 0 Å². The van der Waals surface area contributed by atoms with Crippen LogP contribution in [0.15, 0.2) is 91.0 Å². The first-order valence-corrected chi connectivity index (χ1v) is 15.2. The van der Waals surface area contributed by atoms with E-state index in [4.69, 9.17) is 9.16 Å². The van der Waals surface area contributed by atoms with E-state index in [2.05, 4.69) is 122 Å². The van der Waals surface area contributed by atoms with E-state index in [-0.39, 0.29) is 5.04 Å². The van der Waals surface area contributed by atoms with Crippen LogP contribution in [0.3, 0.4) is 0 Å². The van der Waals surface area contributed by atoms with Gasteiger partial charge in [-0.15, -0.1) is 0 Å². The summed E-state index contributed by atoms with van der Waals surface area (Å²) in [6.07, 6.45) is 1.46. The fourth-order valence-electron chi connectivity index (χ4n) is 6.07. The molecule has 2 fully saturated rings. The Morgan fingerprint density at radius 1 is 0.806 bits per heavy atom. The predicted octanol–water partition coefficient (Wildman–Crippen LogP) is 4.50. The van der Waals surface area contributed by atoms with Crippen molar-refractivity contribution in [3.05, 3.63) is 96.6 Å². The van der Waals surface area contributed by atoms with Gasteiger partial charge in [-0.1, -0.05) is 112 Å². The lowest BCUT2D eigenvalue weighted by molar-refractivity contribution is 0.0412. The Morgan fingerprint density at radius 2 is 1.39 bits per heavy atom. The molecule has 0 saturated carbocycles. The van der Waals surface area contributed by atoms with E-state index in [1.54, 1.807) is 0 Å². The molecule has 0 spiro atoms. The molecule has 2 aliphatic heterocycles. The molecule has 0 radical (unpaired) electrons. The van der Waals surface area contributed by atoms with Gasteiger partial charge in [0.1, 0.15) is 0 Å². The first-order valence-electron chi connectivity index (χ1n) is 13.3. The van der Waals surface area contributed by atoms with E-state index in [0.29, 0.717) is 18.8 Å². The molecule has 0 aromatic heterocycles. The third kappa shape index (κ3) is 5.36. The molecule has 5 rings (SSSR count). The van der Waals surface area contributed by atoms with Crippen LogP contribution in [0.1, 0.15) is 32.8 Å². The monoisotopic (exact) mass is 500 g/mol. The normalized spacial score (nSPS) is 21.1. The largest absolute Gasteiger partial charge is 0.406 e. The maximum Gasteiger partial charge on any atom is 0.261 e. The van der Waals surface area contributed by atoms with Gasteiger partial charge in [0.25, 0.3) is 8.32 Å². The van der Waals surface area contributed by atoms with Crippen molar-refractivity contribution in [3.63, 3.8) is 0 Å². The summed E-state index contributed by atoms with van der Waals surface area (Å²) in [6, 6.07) is 33.0. The fourth-order valence-corrected chi connectivity index (χ4v) is 10.6. The van der Waals surface area contributed by atoms with Gasteiger partial charge in [-0.2, -0.15) is 0 Å². The van der Waals surface area contributed by atoms with Crippen LogP contribution in [0.2, 0.25) is 5.04 Å². The molecule has 0 unspecified atom stereocenters. The summed E-state index contributed by atoms with van der Waals surface area (Å²) < 4.78 is 13.4. The molecule has 2 atom stereocenters. The molecule has 0 bridgehead atoms. The van der Waals surface area contributed by atoms with E-state index < -0.39 is 8.32 Å². The fraction of sp³-hybridized carbons (Fsp3) is 0.419. The Balaban J connectivity index is 1.20. The van der Waals surface area contributed by atoms with Gasteiger partial charge in [-0.25, -0.2) is 0 Å². The Kier molecular flexibility index (Phi) is 7.75. The third-order valence-corrected chi connectivity index (χ3v) is 12.9. The Labute approximate surface area is 218 Å². The quantitative estimate of drug-likeness (QED) is 0.404. The average Bonchev–Trinajstić information content (AvgIpc) is 3.45. The minimum atomic E-state index is -2.46. The molecule has 190 valence electrons. The van der Waals surface area contributed by atoms with Crippen LogP contribution in [-0.4, -0.2) is 63.2 Å². The molecular formula is C31H40N2O2Si. The molecule has 2 aliphatic rings. The van der Waals surface area contributed by atoms with Crippen molar-refractivity contribution in [2.24, 2.45) is 0 Å². The molecule has 36 heavy (non-hydrogen) atoms. The second-order valence-electron chi connectivity index (χ2n) is 11.3. The highest BCUT2D eigenvalue weighted by molar-refractivity contribution is 6.99. The molecule has 4 nitrogen and oxygen atoms in total. The van der Waals surface area contributed by atoms with Crippen LogP contribution in [0.5, 0.6) is 0 Å². The minimum absolute atomic E-state index is 0.0179. The van der Waals surface area contributed by atoms with Crippen molar-refractivity contribution < 1.29 is 9.16 Å². The number of nitrogens with zero attached hydrogens (tertiary/aromatic N) is 2. The summed E-state index contributed by atoms with van der Waals surface area (Å²) in [7, 11) is -2.46. The Bertz CT molecular complexity index is 1030. The summed E-state index contributed by atoms with van der Waals surface area (Å²) in [5.74, 6) is 0. The molecule has 2 saturated heterocycles. The maximum atomic E-state index is 7.11. The molecule has 2 heterocycles. The summed E-state index contributed by atoms with van der Waals surface area (Å²) >= 11 is 0. The van der Waals surface area contributed by atoms with Crippen molar-refractivity contribution in [1.29, 1.82) is 0 Å². The smallest absolute Gasteiger partial charge is 0.261 e. The van der Waals surface area contributed by atoms with E-state index in [0.717, 1.165) is 39.3 Å². The molecule has 5 heteroatoms. The molecule has 3 aromatic rings. The maximum absolute atomic E-state index is 7.11. The lowest BCUT2D eigenvalue weighted by atomic mass is 10.2. The van der Waals surface area contributed by atoms with Crippen molar-refractivity contribution in [1.82, 2.24) is 9.80 Å². The van der Waals surface area contributed by atoms with E-state index in [1.165, 1.54) is 15.9 Å². The molecule has 3 aromatic carbocycles. The number of ether oxygens (including phenoxy) is 1. The summed E-state index contributed by atoms with van der Waals surface area (Å²) in [5.41, 5.74) is 1.26. The number of fused-ring (bicyclic) bond motifs is 1. The van der Waals surface area contributed by atoms with Gasteiger partial charge in [-0.05, 0) is 27.4 Å². The van der Waals surface area contributed by atoms with Crippen LogP contribution in [-0.2, 0) is 15.8 Å². The Hall–Kier alpha value is -2.28. The van der Waals surface area contributed by atoms with Gasteiger partial charge < -0.3 is 9.16 Å². The Morgan fingerprint density at radius 3 is 1.94 bits per heavy atom. The highest BCUT2D eigenvalue weighted by Crippen LogP contribution is 2.37.